The maximum Gasteiger partial charge on any atom is 0.233 e. The molecule has 2 aromatic rings. The molecule has 0 spiro atoms. The van der Waals surface area contributed by atoms with Gasteiger partial charge in [-0.05, 0) is 42.7 Å². The van der Waals surface area contributed by atoms with Crippen LogP contribution < -0.4 is 20.3 Å². The zero-order valence-electron chi connectivity index (χ0n) is 15.9. The second-order valence-corrected chi connectivity index (χ2v) is 7.12. The molecule has 0 aliphatic carbocycles. The summed E-state index contributed by atoms with van der Waals surface area (Å²) >= 11 is 0. The van der Waals surface area contributed by atoms with Gasteiger partial charge in [0.25, 0.3) is 0 Å². The van der Waals surface area contributed by atoms with Gasteiger partial charge in [-0.3, -0.25) is 9.59 Å². The van der Waals surface area contributed by atoms with Crippen LogP contribution in [0, 0.1) is 5.92 Å². The first-order chi connectivity index (χ1) is 13.7. The number of anilines is 2. The molecule has 0 saturated carbocycles. The van der Waals surface area contributed by atoms with Gasteiger partial charge in [-0.15, -0.1) is 0 Å². The second-order valence-electron chi connectivity index (χ2n) is 7.12. The molecule has 1 aromatic carbocycles. The fraction of sp³-hybridized carbons (Fsp3) is 0.381. The molecule has 7 heteroatoms. The molecule has 1 atom stereocenters. The molecule has 28 heavy (non-hydrogen) atoms. The molecule has 3 heterocycles. The van der Waals surface area contributed by atoms with E-state index < -0.39 is 5.92 Å². The Morgan fingerprint density at radius 1 is 1.21 bits per heavy atom. The number of pyridine rings is 1. The van der Waals surface area contributed by atoms with Crippen LogP contribution in [0.4, 0.5) is 11.5 Å². The van der Waals surface area contributed by atoms with Crippen molar-refractivity contribution in [1.29, 1.82) is 0 Å². The molecule has 1 saturated heterocycles. The number of nitrogens with zero attached hydrogens (tertiary/aromatic N) is 2. The summed E-state index contributed by atoms with van der Waals surface area (Å²) in [5.74, 6) is 0.297. The number of ether oxygens (including phenoxy) is 1. The van der Waals surface area contributed by atoms with Crippen LogP contribution in [-0.4, -0.2) is 43.4 Å². The van der Waals surface area contributed by atoms with E-state index in [2.05, 4.69) is 20.5 Å². The monoisotopic (exact) mass is 380 g/mol. The molecule has 0 radical (unpaired) electrons. The van der Waals surface area contributed by atoms with Crippen LogP contribution in [0.15, 0.2) is 36.4 Å². The molecule has 1 amide bonds. The van der Waals surface area contributed by atoms with Crippen LogP contribution >= 0.6 is 0 Å². The Bertz CT molecular complexity index is 876. The summed E-state index contributed by atoms with van der Waals surface area (Å²) in [6.07, 6.45) is 2.28. The third kappa shape index (κ3) is 3.65. The van der Waals surface area contributed by atoms with E-state index in [0.717, 1.165) is 43.1 Å². The first-order valence-corrected chi connectivity index (χ1v) is 9.60. The molecule has 1 unspecified atom stereocenters. The number of amides is 1. The number of fused-ring (bicyclic) bond motifs is 1. The maximum atomic E-state index is 12.9. The minimum atomic E-state index is -0.771. The van der Waals surface area contributed by atoms with E-state index in [-0.39, 0.29) is 18.2 Å². The van der Waals surface area contributed by atoms with Gasteiger partial charge >= 0.3 is 0 Å². The van der Waals surface area contributed by atoms with E-state index >= 15 is 0 Å². The number of benzene rings is 1. The highest BCUT2D eigenvalue weighted by Crippen LogP contribution is 2.27. The molecule has 2 aliphatic heterocycles. The van der Waals surface area contributed by atoms with E-state index in [9.17, 15) is 9.59 Å². The standard InChI is InChI=1S/C21H24N4O3/c1-28-15-6-4-14(5-7-15)12-23-21(27)16-13-22-17-8-9-18(24-19(17)20(16)26)25-10-2-3-11-25/h4-9,16,22H,2-3,10-13H2,1H3,(H,23,27). The normalized spacial score (nSPS) is 18.4. The Kier molecular flexibility index (Phi) is 5.14. The van der Waals surface area contributed by atoms with Crippen molar-refractivity contribution in [3.05, 3.63) is 47.7 Å². The SMILES string of the molecule is COc1ccc(CNC(=O)C2CNc3ccc(N4CCCC4)nc3C2=O)cc1. The Morgan fingerprint density at radius 2 is 1.96 bits per heavy atom. The molecule has 1 fully saturated rings. The fourth-order valence-electron chi connectivity index (χ4n) is 3.64. The predicted octanol–water partition coefficient (Wildman–Crippen LogP) is 2.23. The molecule has 0 bridgehead atoms. The first kappa shape index (κ1) is 18.3. The van der Waals surface area contributed by atoms with Crippen LogP contribution in [-0.2, 0) is 11.3 Å². The van der Waals surface area contributed by atoms with E-state index in [1.165, 1.54) is 0 Å². The lowest BCUT2D eigenvalue weighted by atomic mass is 9.95. The number of carbonyl (C=O) groups is 2. The van der Waals surface area contributed by atoms with Crippen molar-refractivity contribution in [1.82, 2.24) is 10.3 Å². The van der Waals surface area contributed by atoms with E-state index in [1.807, 2.05) is 36.4 Å². The van der Waals surface area contributed by atoms with E-state index in [0.29, 0.717) is 17.9 Å². The number of aromatic nitrogens is 1. The minimum absolute atomic E-state index is 0.220. The number of carbonyl (C=O) groups excluding carboxylic acids is 2. The first-order valence-electron chi connectivity index (χ1n) is 9.60. The summed E-state index contributed by atoms with van der Waals surface area (Å²) in [5.41, 5.74) is 2.01. The lowest BCUT2D eigenvalue weighted by Crippen LogP contribution is -2.42. The van der Waals surface area contributed by atoms with Crippen LogP contribution in [0.3, 0.4) is 0 Å². The Balaban J connectivity index is 1.43. The number of nitrogens with one attached hydrogen (secondary N) is 2. The lowest BCUT2D eigenvalue weighted by molar-refractivity contribution is -0.123. The minimum Gasteiger partial charge on any atom is -0.497 e. The molecule has 2 aliphatic rings. The van der Waals surface area contributed by atoms with Crippen LogP contribution in [0.1, 0.15) is 28.9 Å². The molecule has 7 nitrogen and oxygen atoms in total. The van der Waals surface area contributed by atoms with Crippen molar-refractivity contribution in [3.63, 3.8) is 0 Å². The molecule has 1 aromatic heterocycles. The largest absolute Gasteiger partial charge is 0.497 e. The highest BCUT2D eigenvalue weighted by Gasteiger charge is 2.34. The highest BCUT2D eigenvalue weighted by atomic mass is 16.5. The van der Waals surface area contributed by atoms with Crippen molar-refractivity contribution in [2.75, 3.05) is 37.0 Å². The highest BCUT2D eigenvalue weighted by molar-refractivity contribution is 6.13. The average molecular weight is 380 g/mol. The number of hydrogen-bond donors (Lipinski definition) is 2. The number of hydrogen-bond acceptors (Lipinski definition) is 6. The number of rotatable bonds is 5. The molecule has 2 N–H and O–H groups in total. The summed E-state index contributed by atoms with van der Waals surface area (Å²) in [6.45, 7) is 2.56. The summed E-state index contributed by atoms with van der Waals surface area (Å²) in [5, 5.41) is 6.03. The Morgan fingerprint density at radius 3 is 2.68 bits per heavy atom. The van der Waals surface area contributed by atoms with Gasteiger partial charge in [0.2, 0.25) is 5.91 Å². The quantitative estimate of drug-likeness (QED) is 0.774. The molecule has 146 valence electrons. The third-order valence-electron chi connectivity index (χ3n) is 5.30. The van der Waals surface area contributed by atoms with Crippen molar-refractivity contribution in [3.8, 4) is 5.75 Å². The third-order valence-corrected chi connectivity index (χ3v) is 5.30. The van der Waals surface area contributed by atoms with Gasteiger partial charge in [0.1, 0.15) is 23.2 Å². The topological polar surface area (TPSA) is 83.6 Å². The Labute approximate surface area is 164 Å². The van der Waals surface area contributed by atoms with Gasteiger partial charge in [0.05, 0.1) is 12.8 Å². The molecule has 4 rings (SSSR count). The molecular weight excluding hydrogens is 356 g/mol. The predicted molar refractivity (Wildman–Crippen MR) is 107 cm³/mol. The van der Waals surface area contributed by atoms with Gasteiger partial charge in [0, 0.05) is 26.2 Å². The van der Waals surface area contributed by atoms with Crippen LogP contribution in [0.2, 0.25) is 0 Å². The summed E-state index contributed by atoms with van der Waals surface area (Å²) in [4.78, 5) is 32.3. The second kappa shape index (κ2) is 7.88. The van der Waals surface area contributed by atoms with Crippen LogP contribution in [0.5, 0.6) is 5.75 Å². The fourth-order valence-corrected chi connectivity index (χ4v) is 3.64. The number of ketones is 1. The van der Waals surface area contributed by atoms with Gasteiger partial charge in [-0.25, -0.2) is 4.98 Å². The lowest BCUT2D eigenvalue weighted by Gasteiger charge is -2.25. The zero-order chi connectivity index (χ0) is 19.5. The zero-order valence-corrected chi connectivity index (χ0v) is 15.9. The summed E-state index contributed by atoms with van der Waals surface area (Å²) in [7, 11) is 1.61. The Hall–Kier alpha value is -3.09. The van der Waals surface area contributed by atoms with Crippen LogP contribution in [0.25, 0.3) is 0 Å². The van der Waals surface area contributed by atoms with Gasteiger partial charge in [-0.2, -0.15) is 0 Å². The van der Waals surface area contributed by atoms with Crippen molar-refractivity contribution in [2.24, 2.45) is 5.92 Å². The average Bonchev–Trinajstić information content (AvgIpc) is 3.27. The van der Waals surface area contributed by atoms with Gasteiger partial charge in [0.15, 0.2) is 5.78 Å². The van der Waals surface area contributed by atoms with Crippen molar-refractivity contribution >= 4 is 23.2 Å². The smallest absolute Gasteiger partial charge is 0.233 e. The van der Waals surface area contributed by atoms with Gasteiger partial charge < -0.3 is 20.3 Å². The van der Waals surface area contributed by atoms with E-state index in [4.69, 9.17) is 4.74 Å². The number of methoxy groups -OCH3 is 1. The maximum absolute atomic E-state index is 12.9. The van der Waals surface area contributed by atoms with E-state index in [1.54, 1.807) is 7.11 Å². The molecular formula is C21H24N4O3. The summed E-state index contributed by atoms with van der Waals surface area (Å²) < 4.78 is 5.13. The van der Waals surface area contributed by atoms with Gasteiger partial charge in [-0.1, -0.05) is 12.1 Å². The summed E-state index contributed by atoms with van der Waals surface area (Å²) in [6, 6.07) is 11.3. The van der Waals surface area contributed by atoms with Crippen molar-refractivity contribution < 1.29 is 14.3 Å². The van der Waals surface area contributed by atoms with Crippen molar-refractivity contribution in [2.45, 2.75) is 19.4 Å². The number of Topliss-reactive ketones (excluding diaryl/α,β-unsaturated/α-hetero) is 1.